The lowest BCUT2D eigenvalue weighted by Gasteiger charge is -2.22. The third kappa shape index (κ3) is 4.26. The number of carbonyl (C=O) groups excluding carboxylic acids is 1. The molecule has 1 fully saturated rings. The first-order chi connectivity index (χ1) is 11.6. The number of pyridine rings is 1. The molecule has 1 aromatic heterocycles. The highest BCUT2D eigenvalue weighted by molar-refractivity contribution is 6.42. The molecule has 0 radical (unpaired) electrons. The normalized spacial score (nSPS) is 16.1. The fourth-order valence-electron chi connectivity index (χ4n) is 2.81. The molecular weight excluding hydrogens is 347 g/mol. The van der Waals surface area contributed by atoms with Gasteiger partial charge in [-0.25, -0.2) is 4.98 Å². The average Bonchev–Trinajstić information content (AvgIpc) is 3.09. The van der Waals surface area contributed by atoms with Crippen LogP contribution in [0.15, 0.2) is 42.6 Å². The highest BCUT2D eigenvalue weighted by Gasteiger charge is 2.28. The molecule has 126 valence electrons. The fourth-order valence-corrected chi connectivity index (χ4v) is 3.12. The third-order valence-electron chi connectivity index (χ3n) is 4.03. The summed E-state index contributed by atoms with van der Waals surface area (Å²) in [6.07, 6.45) is 5.15. The topological polar surface area (TPSA) is 51.2 Å². The van der Waals surface area contributed by atoms with Gasteiger partial charge in [0.15, 0.2) is 6.10 Å². The average molecular weight is 365 g/mol. The first-order valence-corrected chi connectivity index (χ1v) is 8.71. The van der Waals surface area contributed by atoms with Gasteiger partial charge in [0.1, 0.15) is 5.82 Å². The van der Waals surface area contributed by atoms with Gasteiger partial charge in [-0.15, -0.1) is 0 Å². The Bertz CT molecular complexity index is 703. The molecule has 1 unspecified atom stereocenters. The number of ether oxygens (including phenoxy) is 1. The molecule has 1 amide bonds. The van der Waals surface area contributed by atoms with Crippen LogP contribution in [0.2, 0.25) is 10.0 Å². The van der Waals surface area contributed by atoms with Crippen molar-refractivity contribution in [2.45, 2.75) is 37.9 Å². The molecule has 1 N–H and O–H groups in total. The number of benzene rings is 1. The Hall–Kier alpha value is -1.62. The van der Waals surface area contributed by atoms with Crippen molar-refractivity contribution in [1.29, 1.82) is 0 Å². The Kier molecular flexibility index (Phi) is 5.72. The molecule has 0 saturated heterocycles. The van der Waals surface area contributed by atoms with Crippen molar-refractivity contribution in [2.24, 2.45) is 0 Å². The summed E-state index contributed by atoms with van der Waals surface area (Å²) in [4.78, 5) is 16.9. The van der Waals surface area contributed by atoms with Gasteiger partial charge in [-0.2, -0.15) is 0 Å². The molecule has 0 bridgehead atoms. The zero-order valence-corrected chi connectivity index (χ0v) is 14.6. The maximum Gasteiger partial charge on any atom is 0.259 e. The van der Waals surface area contributed by atoms with E-state index in [1.54, 1.807) is 36.5 Å². The molecule has 4 nitrogen and oxygen atoms in total. The summed E-state index contributed by atoms with van der Waals surface area (Å²) < 4.78 is 6.08. The molecule has 2 aromatic rings. The van der Waals surface area contributed by atoms with Crippen LogP contribution in [0.5, 0.6) is 0 Å². The van der Waals surface area contributed by atoms with Crippen molar-refractivity contribution in [3.8, 4) is 0 Å². The molecule has 1 saturated carbocycles. The largest absolute Gasteiger partial charge is 0.360 e. The van der Waals surface area contributed by atoms with Crippen LogP contribution in [0.1, 0.15) is 37.4 Å². The molecule has 1 atom stereocenters. The van der Waals surface area contributed by atoms with Crippen LogP contribution in [-0.4, -0.2) is 17.0 Å². The standard InChI is InChI=1S/C18H18Cl2N2O2/c19-14-9-8-12(11-15(14)20)17(24-13-5-1-2-6-13)18(23)22-16-7-3-4-10-21-16/h3-4,7-11,13,17H,1-2,5-6H2,(H,21,22,23). The van der Waals surface area contributed by atoms with E-state index < -0.39 is 6.10 Å². The second-order valence-electron chi connectivity index (χ2n) is 5.80. The smallest absolute Gasteiger partial charge is 0.259 e. The number of hydrogen-bond acceptors (Lipinski definition) is 3. The van der Waals surface area contributed by atoms with Gasteiger partial charge in [-0.05, 0) is 42.7 Å². The molecule has 3 rings (SSSR count). The Morgan fingerprint density at radius 2 is 1.96 bits per heavy atom. The lowest BCUT2D eigenvalue weighted by atomic mass is 10.1. The van der Waals surface area contributed by atoms with E-state index in [4.69, 9.17) is 27.9 Å². The Labute approximate surface area is 151 Å². The van der Waals surface area contributed by atoms with Gasteiger partial charge >= 0.3 is 0 Å². The molecule has 24 heavy (non-hydrogen) atoms. The molecule has 6 heteroatoms. The molecule has 0 aliphatic heterocycles. The van der Waals surface area contributed by atoms with Crippen LogP contribution in [0, 0.1) is 0 Å². The lowest BCUT2D eigenvalue weighted by molar-refractivity contribution is -0.131. The number of amides is 1. The summed E-state index contributed by atoms with van der Waals surface area (Å²) in [6, 6.07) is 10.5. The van der Waals surface area contributed by atoms with Crippen molar-refractivity contribution in [2.75, 3.05) is 5.32 Å². The molecule has 1 aliphatic carbocycles. The number of halogens is 2. The molecular formula is C18H18Cl2N2O2. The van der Waals surface area contributed by atoms with Gasteiger partial charge in [-0.1, -0.05) is 48.2 Å². The number of nitrogens with zero attached hydrogens (tertiary/aromatic N) is 1. The van der Waals surface area contributed by atoms with Gasteiger partial charge in [0.25, 0.3) is 5.91 Å². The van der Waals surface area contributed by atoms with E-state index in [0.29, 0.717) is 21.4 Å². The lowest BCUT2D eigenvalue weighted by Crippen LogP contribution is -2.27. The van der Waals surface area contributed by atoms with Crippen LogP contribution < -0.4 is 5.32 Å². The summed E-state index contributed by atoms with van der Waals surface area (Å²) in [5.41, 5.74) is 0.685. The maximum atomic E-state index is 12.7. The maximum absolute atomic E-state index is 12.7. The van der Waals surface area contributed by atoms with E-state index >= 15 is 0 Å². The minimum atomic E-state index is -0.745. The van der Waals surface area contributed by atoms with Gasteiger partial charge in [0.2, 0.25) is 0 Å². The summed E-state index contributed by atoms with van der Waals surface area (Å²) in [7, 11) is 0. The van der Waals surface area contributed by atoms with Crippen molar-refractivity contribution >= 4 is 34.9 Å². The van der Waals surface area contributed by atoms with Gasteiger partial charge < -0.3 is 10.1 Å². The molecule has 1 aliphatic rings. The summed E-state index contributed by atoms with van der Waals surface area (Å²) in [6.45, 7) is 0. The first kappa shape index (κ1) is 17.2. The van der Waals surface area contributed by atoms with Crippen LogP contribution in [0.25, 0.3) is 0 Å². The van der Waals surface area contributed by atoms with Crippen LogP contribution in [0.3, 0.4) is 0 Å². The number of rotatable bonds is 5. The second-order valence-corrected chi connectivity index (χ2v) is 6.61. The molecule has 1 heterocycles. The van der Waals surface area contributed by atoms with E-state index in [1.165, 1.54) is 0 Å². The van der Waals surface area contributed by atoms with Gasteiger partial charge in [-0.3, -0.25) is 4.79 Å². The molecule has 1 aromatic carbocycles. The predicted octanol–water partition coefficient (Wildman–Crippen LogP) is 5.03. The van der Waals surface area contributed by atoms with Crippen molar-refractivity contribution < 1.29 is 9.53 Å². The van der Waals surface area contributed by atoms with Crippen LogP contribution >= 0.6 is 23.2 Å². The number of nitrogens with one attached hydrogen (secondary N) is 1. The fraction of sp³-hybridized carbons (Fsp3) is 0.333. The monoisotopic (exact) mass is 364 g/mol. The summed E-state index contributed by atoms with van der Waals surface area (Å²) in [5, 5.41) is 3.65. The Morgan fingerprint density at radius 3 is 2.62 bits per heavy atom. The van der Waals surface area contributed by atoms with Crippen molar-refractivity contribution in [3.63, 3.8) is 0 Å². The number of hydrogen-bond donors (Lipinski definition) is 1. The quantitative estimate of drug-likeness (QED) is 0.809. The Balaban J connectivity index is 1.82. The van der Waals surface area contributed by atoms with Gasteiger partial charge in [0.05, 0.1) is 16.1 Å². The third-order valence-corrected chi connectivity index (χ3v) is 4.77. The molecule has 0 spiro atoms. The Morgan fingerprint density at radius 1 is 1.17 bits per heavy atom. The van der Waals surface area contributed by atoms with Gasteiger partial charge in [0, 0.05) is 6.20 Å². The number of carbonyl (C=O) groups is 1. The summed E-state index contributed by atoms with van der Waals surface area (Å²) in [5.74, 6) is 0.224. The predicted molar refractivity (Wildman–Crippen MR) is 95.4 cm³/mol. The minimum Gasteiger partial charge on any atom is -0.360 e. The van der Waals surface area contributed by atoms with E-state index in [-0.39, 0.29) is 12.0 Å². The first-order valence-electron chi connectivity index (χ1n) is 7.96. The van der Waals surface area contributed by atoms with E-state index in [9.17, 15) is 4.79 Å². The van der Waals surface area contributed by atoms with E-state index in [2.05, 4.69) is 10.3 Å². The van der Waals surface area contributed by atoms with E-state index in [0.717, 1.165) is 25.7 Å². The van der Waals surface area contributed by atoms with Crippen molar-refractivity contribution in [1.82, 2.24) is 4.98 Å². The number of aromatic nitrogens is 1. The second kappa shape index (κ2) is 7.97. The highest BCUT2D eigenvalue weighted by atomic mass is 35.5. The SMILES string of the molecule is O=C(Nc1ccccn1)C(OC1CCCC1)c1ccc(Cl)c(Cl)c1. The van der Waals surface area contributed by atoms with Crippen LogP contribution in [0.4, 0.5) is 5.82 Å². The van der Waals surface area contributed by atoms with E-state index in [1.807, 2.05) is 6.07 Å². The minimum absolute atomic E-state index is 0.0823. The van der Waals surface area contributed by atoms with Crippen LogP contribution in [-0.2, 0) is 9.53 Å². The zero-order chi connectivity index (χ0) is 16.9. The summed E-state index contributed by atoms with van der Waals surface area (Å²) >= 11 is 12.1. The zero-order valence-electron chi connectivity index (χ0n) is 13.0. The van der Waals surface area contributed by atoms with Crippen molar-refractivity contribution in [3.05, 3.63) is 58.2 Å². The number of anilines is 1. The highest BCUT2D eigenvalue weighted by Crippen LogP contribution is 2.32.